The van der Waals surface area contributed by atoms with Crippen molar-refractivity contribution in [1.82, 2.24) is 10.6 Å². The zero-order valence-corrected chi connectivity index (χ0v) is 20.2. The number of aliphatic carboxylic acids is 1. The number of nitrogens with one attached hydrogen (secondary N) is 2. The molecule has 2 atom stereocenters. The summed E-state index contributed by atoms with van der Waals surface area (Å²) in [6.07, 6.45) is 0.183. The molecule has 2 amide bonds. The first kappa shape index (κ1) is 24.5. The topological polar surface area (TPSA) is 105 Å². The van der Waals surface area contributed by atoms with E-state index in [2.05, 4.69) is 22.8 Å². The Kier molecular flexibility index (Phi) is 7.82. The van der Waals surface area contributed by atoms with Gasteiger partial charge in [-0.05, 0) is 46.5 Å². The molecule has 0 saturated heterocycles. The van der Waals surface area contributed by atoms with Crippen LogP contribution in [0.1, 0.15) is 54.1 Å². The van der Waals surface area contributed by atoms with E-state index in [1.165, 1.54) is 11.3 Å². The van der Waals surface area contributed by atoms with Crippen LogP contribution in [0.15, 0.2) is 66.0 Å². The number of hydrogen-bond donors (Lipinski definition) is 3. The zero-order chi connectivity index (χ0) is 24.8. The Morgan fingerprint density at radius 2 is 1.63 bits per heavy atom. The highest BCUT2D eigenvalue weighted by Gasteiger charge is 2.30. The molecule has 35 heavy (non-hydrogen) atoms. The van der Waals surface area contributed by atoms with Gasteiger partial charge in [-0.1, -0.05) is 61.5 Å². The molecular formula is C27H28N2O5S. The molecule has 2 unspecified atom stereocenters. The van der Waals surface area contributed by atoms with Gasteiger partial charge in [0.15, 0.2) is 0 Å². The molecule has 2 aromatic carbocycles. The summed E-state index contributed by atoms with van der Waals surface area (Å²) in [7, 11) is 0. The lowest BCUT2D eigenvalue weighted by Crippen LogP contribution is -2.44. The van der Waals surface area contributed by atoms with Crippen molar-refractivity contribution in [3.63, 3.8) is 0 Å². The smallest absolute Gasteiger partial charge is 0.408 e. The van der Waals surface area contributed by atoms with E-state index in [0.29, 0.717) is 17.7 Å². The molecule has 182 valence electrons. The molecule has 4 rings (SSSR count). The molecule has 0 spiro atoms. The van der Waals surface area contributed by atoms with E-state index < -0.39 is 24.0 Å². The fourth-order valence-electron chi connectivity index (χ4n) is 4.44. The summed E-state index contributed by atoms with van der Waals surface area (Å²) >= 11 is 1.35. The Labute approximate surface area is 208 Å². The number of carboxylic acids is 1. The highest BCUT2D eigenvalue weighted by molar-refractivity contribution is 7.10. The average molecular weight is 493 g/mol. The summed E-state index contributed by atoms with van der Waals surface area (Å²) in [5.74, 6) is -1.38. The molecule has 0 aliphatic heterocycles. The van der Waals surface area contributed by atoms with E-state index in [1.54, 1.807) is 12.1 Å². The monoisotopic (exact) mass is 492 g/mol. The molecule has 1 aliphatic rings. The maximum Gasteiger partial charge on any atom is 0.408 e. The van der Waals surface area contributed by atoms with Crippen LogP contribution in [0.2, 0.25) is 0 Å². The molecule has 3 aromatic rings. The summed E-state index contributed by atoms with van der Waals surface area (Å²) in [6, 6.07) is 18.5. The van der Waals surface area contributed by atoms with Crippen molar-refractivity contribution in [2.45, 2.75) is 44.2 Å². The maximum atomic E-state index is 13.1. The minimum Gasteiger partial charge on any atom is -0.481 e. The van der Waals surface area contributed by atoms with Gasteiger partial charge < -0.3 is 20.5 Å². The van der Waals surface area contributed by atoms with Crippen LogP contribution in [0, 0.1) is 0 Å². The lowest BCUT2D eigenvalue weighted by Gasteiger charge is -2.22. The van der Waals surface area contributed by atoms with Crippen LogP contribution in [-0.4, -0.2) is 35.7 Å². The molecular weight excluding hydrogens is 464 g/mol. The quantitative estimate of drug-likeness (QED) is 0.366. The first-order chi connectivity index (χ1) is 17.0. The van der Waals surface area contributed by atoms with Gasteiger partial charge in [0, 0.05) is 23.3 Å². The SMILES string of the molecule is CCC(CCC(=O)O)NC(=O)C(NC(=O)OCC1c2ccccc2-c2ccccc21)c1cccs1. The van der Waals surface area contributed by atoms with Crippen molar-refractivity contribution in [2.24, 2.45) is 0 Å². The highest BCUT2D eigenvalue weighted by Crippen LogP contribution is 2.44. The zero-order valence-electron chi connectivity index (χ0n) is 19.4. The number of ether oxygens (including phenoxy) is 1. The molecule has 8 heteroatoms. The highest BCUT2D eigenvalue weighted by atomic mass is 32.1. The summed E-state index contributed by atoms with van der Waals surface area (Å²) in [6.45, 7) is 2.03. The summed E-state index contributed by atoms with van der Waals surface area (Å²) in [4.78, 5) is 37.5. The largest absolute Gasteiger partial charge is 0.481 e. The van der Waals surface area contributed by atoms with Gasteiger partial charge in [0.1, 0.15) is 12.6 Å². The number of carboxylic acid groups (broad SMARTS) is 1. The van der Waals surface area contributed by atoms with E-state index >= 15 is 0 Å². The Balaban J connectivity index is 1.43. The van der Waals surface area contributed by atoms with E-state index in [1.807, 2.05) is 48.7 Å². The fraction of sp³-hybridized carbons (Fsp3) is 0.296. The van der Waals surface area contributed by atoms with Gasteiger partial charge in [-0.2, -0.15) is 0 Å². The second-order valence-electron chi connectivity index (χ2n) is 8.46. The van der Waals surface area contributed by atoms with Crippen LogP contribution in [-0.2, 0) is 14.3 Å². The van der Waals surface area contributed by atoms with Crippen LogP contribution in [0.3, 0.4) is 0 Å². The van der Waals surface area contributed by atoms with Crippen LogP contribution in [0.5, 0.6) is 0 Å². The summed E-state index contributed by atoms with van der Waals surface area (Å²) in [5.41, 5.74) is 4.50. The average Bonchev–Trinajstić information content (AvgIpc) is 3.50. The molecule has 3 N–H and O–H groups in total. The van der Waals surface area contributed by atoms with Crippen molar-refractivity contribution < 1.29 is 24.2 Å². The number of amides is 2. The van der Waals surface area contributed by atoms with Crippen LogP contribution in [0.25, 0.3) is 11.1 Å². The minimum atomic E-state index is -0.926. The van der Waals surface area contributed by atoms with Gasteiger partial charge in [-0.15, -0.1) is 11.3 Å². The third-order valence-corrected chi connectivity index (χ3v) is 7.18. The Bertz CT molecular complexity index is 1150. The van der Waals surface area contributed by atoms with Crippen LogP contribution >= 0.6 is 11.3 Å². The third kappa shape index (κ3) is 5.71. The summed E-state index contributed by atoms with van der Waals surface area (Å²) in [5, 5.41) is 16.4. The van der Waals surface area contributed by atoms with Gasteiger partial charge in [-0.25, -0.2) is 4.79 Å². The molecule has 7 nitrogen and oxygen atoms in total. The van der Waals surface area contributed by atoms with E-state index in [0.717, 1.165) is 22.3 Å². The molecule has 0 fully saturated rings. The second-order valence-corrected chi connectivity index (χ2v) is 9.44. The number of hydrogen-bond acceptors (Lipinski definition) is 5. The first-order valence-electron chi connectivity index (χ1n) is 11.6. The van der Waals surface area contributed by atoms with Crippen molar-refractivity contribution in [1.29, 1.82) is 0 Å². The number of carbonyl (C=O) groups excluding carboxylic acids is 2. The Hall–Kier alpha value is -3.65. The van der Waals surface area contributed by atoms with Crippen molar-refractivity contribution in [3.05, 3.63) is 82.0 Å². The van der Waals surface area contributed by atoms with E-state index in [-0.39, 0.29) is 25.0 Å². The summed E-state index contributed by atoms with van der Waals surface area (Å²) < 4.78 is 5.63. The van der Waals surface area contributed by atoms with Crippen LogP contribution < -0.4 is 10.6 Å². The molecule has 1 aromatic heterocycles. The number of thiophene rings is 1. The van der Waals surface area contributed by atoms with E-state index in [9.17, 15) is 14.4 Å². The molecule has 1 aliphatic carbocycles. The predicted octanol–water partition coefficient (Wildman–Crippen LogP) is 5.09. The lowest BCUT2D eigenvalue weighted by atomic mass is 9.98. The molecule has 0 saturated carbocycles. The second kappa shape index (κ2) is 11.2. The molecule has 1 heterocycles. The first-order valence-corrected chi connectivity index (χ1v) is 12.5. The number of benzene rings is 2. The maximum absolute atomic E-state index is 13.1. The number of alkyl carbamates (subject to hydrolysis) is 1. The van der Waals surface area contributed by atoms with Crippen molar-refractivity contribution >= 4 is 29.3 Å². The van der Waals surface area contributed by atoms with Crippen molar-refractivity contribution in [2.75, 3.05) is 6.61 Å². The minimum absolute atomic E-state index is 0.0394. The Morgan fingerprint density at radius 3 is 2.20 bits per heavy atom. The van der Waals surface area contributed by atoms with Gasteiger partial charge in [0.05, 0.1) is 0 Å². The normalized spacial score (nSPS) is 13.9. The third-order valence-electron chi connectivity index (χ3n) is 6.24. The number of fused-ring (bicyclic) bond motifs is 3. The van der Waals surface area contributed by atoms with Gasteiger partial charge in [-0.3, -0.25) is 9.59 Å². The lowest BCUT2D eigenvalue weighted by molar-refractivity contribution is -0.137. The number of rotatable bonds is 10. The number of carbonyl (C=O) groups is 3. The Morgan fingerprint density at radius 1 is 0.971 bits per heavy atom. The standard InChI is InChI=1S/C27H28N2O5S/c1-2-17(13-14-24(30)31)28-26(32)25(23-12-7-15-35-23)29-27(33)34-16-22-20-10-5-3-8-18(20)19-9-4-6-11-21(19)22/h3-12,15,17,22,25H,2,13-14,16H2,1H3,(H,28,32)(H,29,33)(H,30,31). The molecule has 0 bridgehead atoms. The molecule has 0 radical (unpaired) electrons. The predicted molar refractivity (Wildman–Crippen MR) is 134 cm³/mol. The van der Waals surface area contributed by atoms with Gasteiger partial charge in [0.2, 0.25) is 5.91 Å². The van der Waals surface area contributed by atoms with Gasteiger partial charge >= 0.3 is 12.1 Å². The van der Waals surface area contributed by atoms with Gasteiger partial charge in [0.25, 0.3) is 0 Å². The van der Waals surface area contributed by atoms with Crippen LogP contribution in [0.4, 0.5) is 4.79 Å². The van der Waals surface area contributed by atoms with E-state index in [4.69, 9.17) is 9.84 Å². The fourth-order valence-corrected chi connectivity index (χ4v) is 5.21. The van der Waals surface area contributed by atoms with Crippen molar-refractivity contribution in [3.8, 4) is 11.1 Å².